The van der Waals surface area contributed by atoms with Crippen molar-refractivity contribution in [2.24, 2.45) is 0 Å². The van der Waals surface area contributed by atoms with E-state index in [9.17, 15) is 9.90 Å². The van der Waals surface area contributed by atoms with Gasteiger partial charge < -0.3 is 15.3 Å². The molecule has 1 aromatic carbocycles. The molecule has 1 amide bonds. The SMILES string of the molecule is Cc1ccc(N2CCC(C)NC(=O)C2CO)cc1C. The Hall–Kier alpha value is -1.55. The molecule has 4 nitrogen and oxygen atoms in total. The van der Waals surface area contributed by atoms with E-state index >= 15 is 0 Å². The van der Waals surface area contributed by atoms with Gasteiger partial charge in [0.25, 0.3) is 0 Å². The Labute approximate surface area is 114 Å². The first-order valence-electron chi connectivity index (χ1n) is 6.78. The third-order valence-electron chi connectivity index (χ3n) is 3.87. The Morgan fingerprint density at radius 2 is 2.11 bits per heavy atom. The van der Waals surface area contributed by atoms with Crippen LogP contribution >= 0.6 is 0 Å². The van der Waals surface area contributed by atoms with Crippen LogP contribution in [0.15, 0.2) is 18.2 Å². The van der Waals surface area contributed by atoms with Gasteiger partial charge in [-0.05, 0) is 50.5 Å². The summed E-state index contributed by atoms with van der Waals surface area (Å²) in [5.41, 5.74) is 3.44. The summed E-state index contributed by atoms with van der Waals surface area (Å²) in [7, 11) is 0. The Balaban J connectivity index is 2.33. The average Bonchev–Trinajstić information content (AvgIpc) is 2.51. The second-order valence-electron chi connectivity index (χ2n) is 5.36. The van der Waals surface area contributed by atoms with Crippen molar-refractivity contribution in [2.75, 3.05) is 18.1 Å². The Morgan fingerprint density at radius 3 is 2.74 bits per heavy atom. The van der Waals surface area contributed by atoms with Crippen LogP contribution in [0.3, 0.4) is 0 Å². The molecule has 0 aliphatic carbocycles. The van der Waals surface area contributed by atoms with Gasteiger partial charge in [-0.15, -0.1) is 0 Å². The van der Waals surface area contributed by atoms with Gasteiger partial charge in [0, 0.05) is 18.3 Å². The summed E-state index contributed by atoms with van der Waals surface area (Å²) in [5, 5.41) is 12.5. The van der Waals surface area contributed by atoms with Gasteiger partial charge in [0.05, 0.1) is 6.61 Å². The van der Waals surface area contributed by atoms with Crippen LogP contribution in [0.25, 0.3) is 0 Å². The fourth-order valence-corrected chi connectivity index (χ4v) is 2.44. The highest BCUT2D eigenvalue weighted by molar-refractivity contribution is 5.86. The maximum Gasteiger partial charge on any atom is 0.245 e. The molecule has 0 saturated carbocycles. The van der Waals surface area contributed by atoms with Crippen molar-refractivity contribution >= 4 is 11.6 Å². The van der Waals surface area contributed by atoms with Gasteiger partial charge in [0.15, 0.2) is 0 Å². The minimum atomic E-state index is -0.493. The number of amides is 1. The Kier molecular flexibility index (Phi) is 4.10. The van der Waals surface area contributed by atoms with E-state index in [0.717, 1.165) is 18.7 Å². The van der Waals surface area contributed by atoms with Crippen LogP contribution in [0, 0.1) is 13.8 Å². The van der Waals surface area contributed by atoms with Gasteiger partial charge in [-0.2, -0.15) is 0 Å². The van der Waals surface area contributed by atoms with Gasteiger partial charge in [0.2, 0.25) is 5.91 Å². The van der Waals surface area contributed by atoms with Gasteiger partial charge in [-0.3, -0.25) is 4.79 Å². The minimum absolute atomic E-state index is 0.0919. The van der Waals surface area contributed by atoms with Gasteiger partial charge in [-0.25, -0.2) is 0 Å². The molecule has 1 fully saturated rings. The third kappa shape index (κ3) is 2.89. The van der Waals surface area contributed by atoms with E-state index in [1.807, 2.05) is 17.9 Å². The monoisotopic (exact) mass is 262 g/mol. The first-order chi connectivity index (χ1) is 9.02. The van der Waals surface area contributed by atoms with E-state index in [1.54, 1.807) is 0 Å². The molecule has 1 aliphatic rings. The van der Waals surface area contributed by atoms with Crippen molar-refractivity contribution in [1.29, 1.82) is 0 Å². The number of aliphatic hydroxyl groups is 1. The Bertz CT molecular complexity index is 473. The molecule has 104 valence electrons. The average molecular weight is 262 g/mol. The molecular weight excluding hydrogens is 240 g/mol. The van der Waals surface area contributed by atoms with Gasteiger partial charge in [0.1, 0.15) is 6.04 Å². The summed E-state index contributed by atoms with van der Waals surface area (Å²) in [4.78, 5) is 14.1. The van der Waals surface area contributed by atoms with Crippen molar-refractivity contribution in [3.63, 3.8) is 0 Å². The van der Waals surface area contributed by atoms with Crippen LogP contribution in [-0.2, 0) is 4.79 Å². The molecule has 1 heterocycles. The van der Waals surface area contributed by atoms with Crippen LogP contribution in [0.1, 0.15) is 24.5 Å². The predicted molar refractivity (Wildman–Crippen MR) is 76.4 cm³/mol. The number of rotatable bonds is 2. The second kappa shape index (κ2) is 5.61. The lowest BCUT2D eigenvalue weighted by Gasteiger charge is -2.29. The van der Waals surface area contributed by atoms with Crippen molar-refractivity contribution in [1.82, 2.24) is 5.32 Å². The minimum Gasteiger partial charge on any atom is -0.394 e. The number of nitrogens with one attached hydrogen (secondary N) is 1. The van der Waals surface area contributed by atoms with E-state index in [4.69, 9.17) is 0 Å². The third-order valence-corrected chi connectivity index (χ3v) is 3.87. The zero-order chi connectivity index (χ0) is 14.0. The maximum atomic E-state index is 12.1. The molecule has 0 radical (unpaired) electrons. The maximum absolute atomic E-state index is 12.1. The van der Waals surface area contributed by atoms with E-state index in [2.05, 4.69) is 31.3 Å². The molecule has 2 rings (SSSR count). The number of carbonyl (C=O) groups is 1. The highest BCUT2D eigenvalue weighted by Crippen LogP contribution is 2.23. The number of anilines is 1. The quantitative estimate of drug-likeness (QED) is 0.846. The van der Waals surface area contributed by atoms with Crippen molar-refractivity contribution < 1.29 is 9.90 Å². The second-order valence-corrected chi connectivity index (χ2v) is 5.36. The molecule has 1 aliphatic heterocycles. The predicted octanol–water partition coefficient (Wildman–Crippen LogP) is 1.38. The molecular formula is C15H22N2O2. The topological polar surface area (TPSA) is 52.6 Å². The molecule has 2 atom stereocenters. The highest BCUT2D eigenvalue weighted by Gasteiger charge is 2.29. The zero-order valence-electron chi connectivity index (χ0n) is 11.8. The lowest BCUT2D eigenvalue weighted by molar-refractivity contribution is -0.123. The van der Waals surface area contributed by atoms with Crippen LogP contribution in [0.4, 0.5) is 5.69 Å². The van der Waals surface area contributed by atoms with E-state index in [0.29, 0.717) is 0 Å². The summed E-state index contributed by atoms with van der Waals surface area (Å²) in [6.45, 7) is 6.74. The van der Waals surface area contributed by atoms with Gasteiger partial charge >= 0.3 is 0 Å². The van der Waals surface area contributed by atoms with E-state index < -0.39 is 6.04 Å². The van der Waals surface area contributed by atoms with Gasteiger partial charge in [-0.1, -0.05) is 6.07 Å². The number of carbonyl (C=O) groups excluding carboxylic acids is 1. The molecule has 0 aromatic heterocycles. The van der Waals surface area contributed by atoms with E-state index in [-0.39, 0.29) is 18.6 Å². The normalized spacial score (nSPS) is 24.0. The first kappa shape index (κ1) is 13.9. The van der Waals surface area contributed by atoms with Crippen LogP contribution in [-0.4, -0.2) is 36.2 Å². The van der Waals surface area contributed by atoms with Crippen LogP contribution in [0.5, 0.6) is 0 Å². The number of aryl methyl sites for hydroxylation is 2. The molecule has 0 bridgehead atoms. The molecule has 2 N–H and O–H groups in total. The number of hydrogen-bond acceptors (Lipinski definition) is 3. The summed E-state index contributed by atoms with van der Waals surface area (Å²) in [6, 6.07) is 5.83. The fraction of sp³-hybridized carbons (Fsp3) is 0.533. The van der Waals surface area contributed by atoms with E-state index in [1.165, 1.54) is 11.1 Å². The number of hydrogen-bond donors (Lipinski definition) is 2. The summed E-state index contributed by atoms with van der Waals surface area (Å²) in [6.07, 6.45) is 0.884. The Morgan fingerprint density at radius 1 is 1.37 bits per heavy atom. The summed E-state index contributed by atoms with van der Waals surface area (Å²) in [5.74, 6) is -0.0919. The largest absolute Gasteiger partial charge is 0.394 e. The lowest BCUT2D eigenvalue weighted by Crippen LogP contribution is -2.47. The summed E-state index contributed by atoms with van der Waals surface area (Å²) >= 11 is 0. The number of aliphatic hydroxyl groups excluding tert-OH is 1. The molecule has 2 unspecified atom stereocenters. The van der Waals surface area contributed by atoms with Crippen LogP contribution in [0.2, 0.25) is 0 Å². The van der Waals surface area contributed by atoms with Crippen molar-refractivity contribution in [3.8, 4) is 0 Å². The smallest absolute Gasteiger partial charge is 0.245 e. The summed E-state index contributed by atoms with van der Waals surface area (Å²) < 4.78 is 0. The molecule has 1 saturated heterocycles. The van der Waals surface area contributed by atoms with Crippen molar-refractivity contribution in [2.45, 2.75) is 39.3 Å². The lowest BCUT2D eigenvalue weighted by atomic mass is 10.1. The molecule has 0 spiro atoms. The number of benzene rings is 1. The fourth-order valence-electron chi connectivity index (χ4n) is 2.44. The standard InChI is InChI=1S/C15H22N2O2/c1-10-4-5-13(8-11(10)2)17-7-6-12(3)16-15(19)14(17)9-18/h4-5,8,12,14,18H,6-7,9H2,1-3H3,(H,16,19). The van der Waals surface area contributed by atoms with Crippen molar-refractivity contribution in [3.05, 3.63) is 29.3 Å². The first-order valence-corrected chi connectivity index (χ1v) is 6.78. The van der Waals surface area contributed by atoms with Crippen LogP contribution < -0.4 is 10.2 Å². The molecule has 1 aromatic rings. The molecule has 19 heavy (non-hydrogen) atoms. The molecule has 4 heteroatoms. The zero-order valence-corrected chi connectivity index (χ0v) is 11.8. The highest BCUT2D eigenvalue weighted by atomic mass is 16.3. The number of nitrogens with zero attached hydrogens (tertiary/aromatic N) is 1.